The first-order chi connectivity index (χ1) is 6.81. The zero-order valence-corrected chi connectivity index (χ0v) is 10.9. The summed E-state index contributed by atoms with van der Waals surface area (Å²) >= 11 is 0. The van der Waals surface area contributed by atoms with Crippen LogP contribution in [0.25, 0.3) is 0 Å². The van der Waals surface area contributed by atoms with E-state index in [1.165, 1.54) is 12.8 Å². The van der Waals surface area contributed by atoms with Crippen molar-refractivity contribution in [1.29, 1.82) is 0 Å². The highest BCUT2D eigenvalue weighted by Crippen LogP contribution is 2.28. The molecular formula is C9H18Cl2N4O. The molecule has 1 aromatic rings. The van der Waals surface area contributed by atoms with E-state index in [4.69, 9.17) is 10.2 Å². The van der Waals surface area contributed by atoms with Gasteiger partial charge in [0.25, 0.3) is 0 Å². The van der Waals surface area contributed by atoms with Crippen molar-refractivity contribution in [3.8, 4) is 0 Å². The van der Waals surface area contributed by atoms with E-state index in [1.54, 1.807) is 0 Å². The molecule has 2 heterocycles. The van der Waals surface area contributed by atoms with Crippen molar-refractivity contribution >= 4 is 24.8 Å². The van der Waals surface area contributed by atoms with Crippen LogP contribution in [0.15, 0.2) is 4.42 Å². The third kappa shape index (κ3) is 3.31. The Bertz CT molecular complexity index is 307. The van der Waals surface area contributed by atoms with Gasteiger partial charge in [0.15, 0.2) is 0 Å². The van der Waals surface area contributed by atoms with E-state index in [0.717, 1.165) is 13.0 Å². The summed E-state index contributed by atoms with van der Waals surface area (Å²) < 4.78 is 5.45. The van der Waals surface area contributed by atoms with Crippen molar-refractivity contribution in [2.75, 3.05) is 13.6 Å². The number of hydrogen-bond acceptors (Lipinski definition) is 5. The van der Waals surface area contributed by atoms with E-state index in [1.807, 2.05) is 0 Å². The van der Waals surface area contributed by atoms with Gasteiger partial charge in [0, 0.05) is 0 Å². The van der Waals surface area contributed by atoms with Crippen LogP contribution < -0.4 is 5.73 Å². The number of nitrogens with two attached hydrogens (primary N) is 1. The standard InChI is InChI=1S/C9H16N4O.2ClH/c1-13-5-3-2-4-7(13)9-12-11-8(6-10)14-9;;/h7H,2-6,10H2,1H3;2*1H. The van der Waals surface area contributed by atoms with Gasteiger partial charge < -0.3 is 10.2 Å². The first-order valence-corrected chi connectivity index (χ1v) is 5.04. The third-order valence-corrected chi connectivity index (χ3v) is 2.71. The normalized spacial score (nSPS) is 21.0. The second-order valence-corrected chi connectivity index (χ2v) is 3.73. The molecule has 1 aliphatic rings. The predicted octanol–water partition coefficient (Wildman–Crippen LogP) is 1.53. The van der Waals surface area contributed by atoms with Gasteiger partial charge in [-0.3, -0.25) is 4.90 Å². The molecule has 0 aliphatic carbocycles. The van der Waals surface area contributed by atoms with E-state index < -0.39 is 0 Å². The molecule has 0 bridgehead atoms. The summed E-state index contributed by atoms with van der Waals surface area (Å²) in [5.41, 5.74) is 5.42. The van der Waals surface area contributed by atoms with E-state index in [9.17, 15) is 0 Å². The van der Waals surface area contributed by atoms with Gasteiger partial charge in [0.2, 0.25) is 11.8 Å². The molecule has 2 N–H and O–H groups in total. The number of aromatic nitrogens is 2. The van der Waals surface area contributed by atoms with E-state index in [2.05, 4.69) is 22.1 Å². The van der Waals surface area contributed by atoms with Crippen molar-refractivity contribution < 1.29 is 4.42 Å². The lowest BCUT2D eigenvalue weighted by molar-refractivity contribution is 0.157. The third-order valence-electron chi connectivity index (χ3n) is 2.71. The lowest BCUT2D eigenvalue weighted by Crippen LogP contribution is -2.29. The van der Waals surface area contributed by atoms with Crippen molar-refractivity contribution in [2.45, 2.75) is 31.8 Å². The van der Waals surface area contributed by atoms with Crippen molar-refractivity contribution in [3.63, 3.8) is 0 Å². The minimum Gasteiger partial charge on any atom is -0.422 e. The lowest BCUT2D eigenvalue weighted by atomic mass is 10.0. The summed E-state index contributed by atoms with van der Waals surface area (Å²) in [4.78, 5) is 2.26. The monoisotopic (exact) mass is 268 g/mol. The van der Waals surface area contributed by atoms with Crippen LogP contribution in [0.5, 0.6) is 0 Å². The fourth-order valence-electron chi connectivity index (χ4n) is 1.87. The number of nitrogens with zero attached hydrogens (tertiary/aromatic N) is 3. The molecule has 16 heavy (non-hydrogen) atoms. The summed E-state index contributed by atoms with van der Waals surface area (Å²) in [6.45, 7) is 1.43. The Morgan fingerprint density at radius 1 is 1.38 bits per heavy atom. The van der Waals surface area contributed by atoms with Gasteiger partial charge in [-0.2, -0.15) is 0 Å². The SMILES string of the molecule is CN1CCCCC1c1nnc(CN)o1.Cl.Cl. The summed E-state index contributed by atoms with van der Waals surface area (Å²) in [5.74, 6) is 1.24. The van der Waals surface area contributed by atoms with Crippen LogP contribution in [0, 0.1) is 0 Å². The largest absolute Gasteiger partial charge is 0.422 e. The zero-order valence-electron chi connectivity index (χ0n) is 9.26. The second-order valence-electron chi connectivity index (χ2n) is 3.73. The topological polar surface area (TPSA) is 68.2 Å². The average Bonchev–Trinajstić information content (AvgIpc) is 2.67. The number of likely N-dealkylation sites (tertiary alicyclic amines) is 1. The first kappa shape index (κ1) is 15.6. The molecular weight excluding hydrogens is 251 g/mol. The van der Waals surface area contributed by atoms with Gasteiger partial charge in [-0.05, 0) is 26.4 Å². The Morgan fingerprint density at radius 2 is 2.12 bits per heavy atom. The molecule has 1 saturated heterocycles. The van der Waals surface area contributed by atoms with E-state index in [-0.39, 0.29) is 30.9 Å². The molecule has 7 heteroatoms. The van der Waals surface area contributed by atoms with Crippen LogP contribution in [0.4, 0.5) is 0 Å². The first-order valence-electron chi connectivity index (χ1n) is 5.04. The minimum atomic E-state index is 0. The smallest absolute Gasteiger partial charge is 0.233 e. The summed E-state index contributed by atoms with van der Waals surface area (Å²) in [7, 11) is 2.09. The highest BCUT2D eigenvalue weighted by atomic mass is 35.5. The van der Waals surface area contributed by atoms with Gasteiger partial charge >= 0.3 is 0 Å². The molecule has 5 nitrogen and oxygen atoms in total. The Kier molecular flexibility index (Phi) is 6.90. The molecule has 2 rings (SSSR count). The van der Waals surface area contributed by atoms with Crippen LogP contribution in [0.1, 0.15) is 37.1 Å². The van der Waals surface area contributed by atoms with Crippen molar-refractivity contribution in [1.82, 2.24) is 15.1 Å². The second kappa shape index (κ2) is 7.06. The number of hydrogen-bond donors (Lipinski definition) is 1. The van der Waals surface area contributed by atoms with Gasteiger partial charge in [0.1, 0.15) is 0 Å². The molecule has 0 spiro atoms. The van der Waals surface area contributed by atoms with Crippen LogP contribution in [-0.4, -0.2) is 28.7 Å². The van der Waals surface area contributed by atoms with E-state index in [0.29, 0.717) is 18.3 Å². The minimum absolute atomic E-state index is 0. The fraction of sp³-hybridized carbons (Fsp3) is 0.778. The van der Waals surface area contributed by atoms with Gasteiger partial charge in [-0.15, -0.1) is 35.0 Å². The lowest BCUT2D eigenvalue weighted by Gasteiger charge is -2.29. The Morgan fingerprint density at radius 3 is 2.69 bits per heavy atom. The maximum absolute atomic E-state index is 5.45. The molecule has 0 saturated carbocycles. The van der Waals surface area contributed by atoms with Crippen LogP contribution in [-0.2, 0) is 6.54 Å². The Balaban J connectivity index is 0.00000112. The fourth-order valence-corrected chi connectivity index (χ4v) is 1.87. The molecule has 94 valence electrons. The van der Waals surface area contributed by atoms with Crippen LogP contribution in [0.2, 0.25) is 0 Å². The quantitative estimate of drug-likeness (QED) is 0.881. The van der Waals surface area contributed by atoms with Gasteiger partial charge in [-0.25, -0.2) is 0 Å². The zero-order chi connectivity index (χ0) is 9.97. The maximum atomic E-state index is 5.45. The number of piperidine rings is 1. The van der Waals surface area contributed by atoms with Gasteiger partial charge in [-0.1, -0.05) is 6.42 Å². The molecule has 1 aliphatic heterocycles. The maximum Gasteiger partial charge on any atom is 0.233 e. The Hall–Kier alpha value is -0.360. The highest BCUT2D eigenvalue weighted by Gasteiger charge is 2.25. The van der Waals surface area contributed by atoms with Crippen LogP contribution in [0.3, 0.4) is 0 Å². The summed E-state index contributed by atoms with van der Waals surface area (Å²) in [5, 5.41) is 7.90. The number of rotatable bonds is 2. The van der Waals surface area contributed by atoms with Crippen molar-refractivity contribution in [3.05, 3.63) is 11.8 Å². The molecule has 1 aromatic heterocycles. The molecule has 1 fully saturated rings. The molecule has 1 atom stereocenters. The van der Waals surface area contributed by atoms with Gasteiger partial charge in [0.05, 0.1) is 12.6 Å². The van der Waals surface area contributed by atoms with Crippen LogP contribution >= 0.6 is 24.8 Å². The van der Waals surface area contributed by atoms with Crippen molar-refractivity contribution in [2.24, 2.45) is 5.73 Å². The average molecular weight is 269 g/mol. The Labute approximate surface area is 108 Å². The van der Waals surface area contributed by atoms with E-state index >= 15 is 0 Å². The molecule has 1 unspecified atom stereocenters. The molecule has 0 aromatic carbocycles. The summed E-state index contributed by atoms with van der Waals surface area (Å²) in [6, 6.07) is 0.288. The predicted molar refractivity (Wildman–Crippen MR) is 65.9 cm³/mol. The highest BCUT2D eigenvalue weighted by molar-refractivity contribution is 5.85. The molecule has 0 radical (unpaired) electrons. The summed E-state index contributed by atoms with van der Waals surface area (Å²) in [6.07, 6.45) is 3.59. The molecule has 0 amide bonds. The number of halogens is 2.